The van der Waals surface area contributed by atoms with Gasteiger partial charge in [-0.05, 0) is 31.2 Å². The van der Waals surface area contributed by atoms with Gasteiger partial charge in [0.15, 0.2) is 0 Å². The molecule has 0 spiro atoms. The number of anilines is 1. The van der Waals surface area contributed by atoms with E-state index in [0.29, 0.717) is 17.6 Å². The van der Waals surface area contributed by atoms with E-state index < -0.39 is 5.91 Å². The molecular formula is C19H18Cl3N3O2. The first kappa shape index (κ1) is 21.2. The highest BCUT2D eigenvalue weighted by Crippen LogP contribution is 2.28. The first-order valence-corrected chi connectivity index (χ1v) is 8.91. The molecule has 0 saturated heterocycles. The zero-order chi connectivity index (χ0) is 18.8. The third-order valence-electron chi connectivity index (χ3n) is 3.99. The first-order chi connectivity index (χ1) is 12.4. The van der Waals surface area contributed by atoms with Gasteiger partial charge in [0, 0.05) is 6.42 Å². The van der Waals surface area contributed by atoms with E-state index in [9.17, 15) is 9.59 Å². The molecule has 1 amide bonds. The van der Waals surface area contributed by atoms with Crippen molar-refractivity contribution >= 4 is 64.0 Å². The molecule has 3 aromatic rings. The van der Waals surface area contributed by atoms with E-state index in [1.54, 1.807) is 24.3 Å². The fourth-order valence-electron chi connectivity index (χ4n) is 2.86. The van der Waals surface area contributed by atoms with Crippen LogP contribution >= 0.6 is 35.6 Å². The number of Topliss-reactive ketones (excluding diaryl/α,β-unsaturated/α-hetero) is 1. The Balaban J connectivity index is 0.00000261. The minimum Gasteiger partial charge on any atom is -0.320 e. The Bertz CT molecular complexity index is 995. The van der Waals surface area contributed by atoms with Crippen molar-refractivity contribution in [1.82, 2.24) is 9.55 Å². The number of nitrogens with zero attached hydrogens (tertiary/aromatic N) is 2. The van der Waals surface area contributed by atoms with Crippen LogP contribution in [0.2, 0.25) is 10.0 Å². The number of ketones is 1. The summed E-state index contributed by atoms with van der Waals surface area (Å²) in [5.41, 5.74) is 2.18. The third kappa shape index (κ3) is 4.26. The number of carbonyl (C=O) groups excluding carboxylic acids is 2. The van der Waals surface area contributed by atoms with Gasteiger partial charge in [-0.3, -0.25) is 9.59 Å². The second-order valence-corrected chi connectivity index (χ2v) is 6.71. The normalized spacial score (nSPS) is 10.5. The lowest BCUT2D eigenvalue weighted by Crippen LogP contribution is -2.13. The lowest BCUT2D eigenvalue weighted by molar-refractivity contribution is -0.117. The van der Waals surface area contributed by atoms with Crippen LogP contribution in [-0.4, -0.2) is 21.2 Å². The van der Waals surface area contributed by atoms with Gasteiger partial charge in [-0.15, -0.1) is 12.4 Å². The van der Waals surface area contributed by atoms with E-state index in [0.717, 1.165) is 11.3 Å². The van der Waals surface area contributed by atoms with Crippen LogP contribution in [-0.2, 0) is 17.8 Å². The quantitative estimate of drug-likeness (QED) is 0.612. The van der Waals surface area contributed by atoms with Gasteiger partial charge in [-0.1, -0.05) is 42.3 Å². The molecule has 142 valence electrons. The summed E-state index contributed by atoms with van der Waals surface area (Å²) in [5.74, 6) is 0.413. The highest BCUT2D eigenvalue weighted by atomic mass is 35.5. The lowest BCUT2D eigenvalue weighted by Gasteiger charge is -2.09. The largest absolute Gasteiger partial charge is 0.320 e. The van der Waals surface area contributed by atoms with Gasteiger partial charge < -0.3 is 9.88 Å². The predicted octanol–water partition coefficient (Wildman–Crippen LogP) is 5.17. The van der Waals surface area contributed by atoms with Crippen LogP contribution in [0.5, 0.6) is 0 Å². The number of benzene rings is 2. The minimum absolute atomic E-state index is 0. The topological polar surface area (TPSA) is 64.0 Å². The number of fused-ring (bicyclic) bond motifs is 1. The van der Waals surface area contributed by atoms with E-state index in [1.165, 1.54) is 6.92 Å². The van der Waals surface area contributed by atoms with Gasteiger partial charge in [-0.25, -0.2) is 4.98 Å². The molecule has 8 heteroatoms. The van der Waals surface area contributed by atoms with Crippen LogP contribution in [0.3, 0.4) is 0 Å². The Morgan fingerprint density at radius 1 is 1.11 bits per heavy atom. The number of aromatic nitrogens is 2. The molecule has 0 atom stereocenters. The molecule has 0 unspecified atom stereocenters. The number of para-hydroxylation sites is 1. The van der Waals surface area contributed by atoms with Gasteiger partial charge in [-0.2, -0.15) is 0 Å². The maximum Gasteiger partial charge on any atom is 0.258 e. The summed E-state index contributed by atoms with van der Waals surface area (Å²) >= 11 is 12.2. The van der Waals surface area contributed by atoms with Crippen LogP contribution < -0.4 is 5.32 Å². The molecule has 0 aliphatic carbocycles. The molecule has 27 heavy (non-hydrogen) atoms. The fourth-order valence-corrected chi connectivity index (χ4v) is 3.43. The average Bonchev–Trinajstić information content (AvgIpc) is 2.93. The smallest absolute Gasteiger partial charge is 0.258 e. The summed E-state index contributed by atoms with van der Waals surface area (Å²) < 4.78 is 1.87. The number of hydrogen-bond donors (Lipinski definition) is 1. The molecule has 1 aromatic heterocycles. The van der Waals surface area contributed by atoms with Crippen molar-refractivity contribution in [3.05, 3.63) is 57.8 Å². The third-order valence-corrected chi connectivity index (χ3v) is 4.62. The lowest BCUT2D eigenvalue weighted by atomic mass is 10.2. The predicted molar refractivity (Wildman–Crippen MR) is 111 cm³/mol. The molecule has 0 aliphatic rings. The van der Waals surface area contributed by atoms with Gasteiger partial charge in [0.2, 0.25) is 0 Å². The highest BCUT2D eigenvalue weighted by Gasteiger charge is 2.18. The Labute approximate surface area is 173 Å². The van der Waals surface area contributed by atoms with E-state index in [4.69, 9.17) is 23.2 Å². The van der Waals surface area contributed by atoms with Gasteiger partial charge >= 0.3 is 0 Å². The number of rotatable bonds is 5. The van der Waals surface area contributed by atoms with Gasteiger partial charge in [0.1, 0.15) is 17.1 Å². The molecule has 0 bridgehead atoms. The van der Waals surface area contributed by atoms with Crippen LogP contribution in [0.15, 0.2) is 36.4 Å². The molecule has 0 saturated carbocycles. The minimum atomic E-state index is -0.410. The number of nitrogens with one attached hydrogen (secondary N) is 1. The van der Waals surface area contributed by atoms with Crippen molar-refractivity contribution in [1.29, 1.82) is 0 Å². The average molecular weight is 427 g/mol. The van der Waals surface area contributed by atoms with Crippen molar-refractivity contribution in [3.63, 3.8) is 0 Å². The first-order valence-electron chi connectivity index (χ1n) is 8.15. The second-order valence-electron chi connectivity index (χ2n) is 5.89. The number of hydrogen-bond acceptors (Lipinski definition) is 3. The number of aryl methyl sites for hydroxylation is 1. The molecule has 0 radical (unpaired) electrons. The van der Waals surface area contributed by atoms with Crippen molar-refractivity contribution < 1.29 is 9.59 Å². The summed E-state index contributed by atoms with van der Waals surface area (Å²) in [7, 11) is 0. The van der Waals surface area contributed by atoms with Crippen LogP contribution in [0.4, 0.5) is 5.69 Å². The standard InChI is InChI=1S/C19H17Cl2N3O2.ClH/c1-3-16-23-18-14(8-5-9-15(18)24(16)10-11(2)25)22-19(26)17-12(20)6-4-7-13(17)21;/h4-9H,3,10H2,1-2H3,(H,22,26);1H. The molecule has 1 heterocycles. The van der Waals surface area contributed by atoms with E-state index >= 15 is 0 Å². The Morgan fingerprint density at radius 3 is 2.33 bits per heavy atom. The fraction of sp³-hybridized carbons (Fsp3) is 0.211. The van der Waals surface area contributed by atoms with Crippen molar-refractivity contribution in [3.8, 4) is 0 Å². The highest BCUT2D eigenvalue weighted by molar-refractivity contribution is 6.40. The number of carbonyl (C=O) groups is 2. The number of amides is 1. The van der Waals surface area contributed by atoms with E-state index in [1.807, 2.05) is 23.6 Å². The molecular weight excluding hydrogens is 409 g/mol. The molecule has 2 aromatic carbocycles. The summed E-state index contributed by atoms with van der Waals surface area (Å²) in [6.45, 7) is 3.75. The Morgan fingerprint density at radius 2 is 1.74 bits per heavy atom. The zero-order valence-electron chi connectivity index (χ0n) is 14.8. The van der Waals surface area contributed by atoms with Crippen LogP contribution in [0.25, 0.3) is 11.0 Å². The number of imidazole rings is 1. The SMILES string of the molecule is CCc1nc2c(NC(=O)c3c(Cl)cccc3Cl)cccc2n1CC(C)=O.Cl. The molecule has 5 nitrogen and oxygen atoms in total. The van der Waals surface area contributed by atoms with Crippen molar-refractivity contribution in [2.75, 3.05) is 5.32 Å². The molecule has 1 N–H and O–H groups in total. The monoisotopic (exact) mass is 425 g/mol. The van der Waals surface area contributed by atoms with E-state index in [2.05, 4.69) is 10.3 Å². The van der Waals surface area contributed by atoms with Crippen molar-refractivity contribution in [2.24, 2.45) is 0 Å². The number of halogens is 3. The zero-order valence-corrected chi connectivity index (χ0v) is 17.1. The summed E-state index contributed by atoms with van der Waals surface area (Å²) in [5, 5.41) is 3.39. The van der Waals surface area contributed by atoms with Gasteiger partial charge in [0.05, 0.1) is 33.4 Å². The Kier molecular flexibility index (Phi) is 6.87. The Hall–Kier alpha value is -2.08. The van der Waals surface area contributed by atoms with Gasteiger partial charge in [0.25, 0.3) is 5.91 Å². The summed E-state index contributed by atoms with van der Waals surface area (Å²) in [6.07, 6.45) is 0.672. The second kappa shape index (κ2) is 8.74. The maximum absolute atomic E-state index is 12.7. The summed E-state index contributed by atoms with van der Waals surface area (Å²) in [6, 6.07) is 10.3. The van der Waals surface area contributed by atoms with E-state index in [-0.39, 0.29) is 40.3 Å². The maximum atomic E-state index is 12.7. The molecule has 0 fully saturated rings. The molecule has 0 aliphatic heterocycles. The van der Waals surface area contributed by atoms with Crippen molar-refractivity contribution in [2.45, 2.75) is 26.8 Å². The van der Waals surface area contributed by atoms with Crippen LogP contribution in [0, 0.1) is 0 Å². The summed E-state index contributed by atoms with van der Waals surface area (Å²) in [4.78, 5) is 28.9. The van der Waals surface area contributed by atoms with Crippen LogP contribution in [0.1, 0.15) is 30.0 Å². The molecule has 3 rings (SSSR count).